The molecule has 1 aromatic carbocycles. The van der Waals surface area contributed by atoms with Crippen LogP contribution in [0.1, 0.15) is 19.4 Å². The zero-order valence-electron chi connectivity index (χ0n) is 11.7. The number of aryl methyl sites for hydroxylation is 1. The highest BCUT2D eigenvalue weighted by molar-refractivity contribution is 8.00. The lowest BCUT2D eigenvalue weighted by Gasteiger charge is -2.11. The topological polar surface area (TPSA) is 42.0 Å². The fourth-order valence-electron chi connectivity index (χ4n) is 1.72. The van der Waals surface area contributed by atoms with E-state index >= 15 is 0 Å². The molecule has 4 heteroatoms. The molecule has 0 saturated heterocycles. The molecule has 1 N–H and O–H groups in total. The second kappa shape index (κ2) is 7.10. The van der Waals surface area contributed by atoms with Gasteiger partial charge in [-0.15, -0.1) is 0 Å². The van der Waals surface area contributed by atoms with E-state index in [9.17, 15) is 4.79 Å². The van der Waals surface area contributed by atoms with Crippen LogP contribution in [0.25, 0.3) is 0 Å². The number of hydrogen-bond donors (Lipinski definition) is 1. The highest BCUT2D eigenvalue weighted by atomic mass is 32.2. The van der Waals surface area contributed by atoms with E-state index in [1.165, 1.54) is 17.3 Å². The van der Waals surface area contributed by atoms with Gasteiger partial charge in [-0.1, -0.05) is 36.9 Å². The lowest BCUT2D eigenvalue weighted by atomic mass is 10.1. The first kappa shape index (κ1) is 14.6. The van der Waals surface area contributed by atoms with Crippen LogP contribution >= 0.6 is 11.8 Å². The van der Waals surface area contributed by atoms with Gasteiger partial charge in [0.05, 0.1) is 10.3 Å². The number of pyridine rings is 1. The number of aromatic nitrogens is 1. The molecule has 2 aromatic rings. The largest absolute Gasteiger partial charge is 0.325 e. The first-order chi connectivity index (χ1) is 9.69. The molecule has 0 spiro atoms. The number of nitrogens with zero attached hydrogens (tertiary/aromatic N) is 1. The first-order valence-electron chi connectivity index (χ1n) is 6.66. The maximum atomic E-state index is 12.1. The Hall–Kier alpha value is -1.81. The standard InChI is InChI=1S/C16H18N2OS/c1-3-13-7-9-14(10-8-13)18-16(19)12(2)20-15-6-4-5-11-17-15/h4-12H,3H2,1-2H3,(H,18,19). The van der Waals surface area contributed by atoms with Gasteiger partial charge >= 0.3 is 0 Å². The Balaban J connectivity index is 1.93. The van der Waals surface area contributed by atoms with Crippen LogP contribution in [0, 0.1) is 0 Å². The molecule has 2 rings (SSSR count). The van der Waals surface area contributed by atoms with Crippen molar-refractivity contribution < 1.29 is 4.79 Å². The van der Waals surface area contributed by atoms with Gasteiger partial charge in [0.15, 0.2) is 0 Å². The molecule has 0 aliphatic carbocycles. The van der Waals surface area contributed by atoms with E-state index in [2.05, 4.69) is 17.2 Å². The van der Waals surface area contributed by atoms with Crippen molar-refractivity contribution in [2.45, 2.75) is 30.5 Å². The van der Waals surface area contributed by atoms with E-state index in [1.54, 1.807) is 6.20 Å². The number of amides is 1. The van der Waals surface area contributed by atoms with Crippen LogP contribution in [0.15, 0.2) is 53.7 Å². The van der Waals surface area contributed by atoms with Crippen molar-refractivity contribution in [2.75, 3.05) is 5.32 Å². The summed E-state index contributed by atoms with van der Waals surface area (Å²) in [7, 11) is 0. The van der Waals surface area contributed by atoms with Crippen LogP contribution in [0.5, 0.6) is 0 Å². The average molecular weight is 286 g/mol. The molecule has 0 saturated carbocycles. The predicted octanol–water partition coefficient (Wildman–Crippen LogP) is 3.76. The van der Waals surface area contributed by atoms with Crippen LogP contribution in [0.4, 0.5) is 5.69 Å². The zero-order chi connectivity index (χ0) is 14.4. The van der Waals surface area contributed by atoms with Gasteiger partial charge in [-0.25, -0.2) is 4.98 Å². The molecule has 0 radical (unpaired) electrons. The maximum Gasteiger partial charge on any atom is 0.237 e. The third-order valence-corrected chi connectivity index (χ3v) is 3.98. The summed E-state index contributed by atoms with van der Waals surface area (Å²) < 4.78 is 0. The lowest BCUT2D eigenvalue weighted by Crippen LogP contribution is -2.22. The van der Waals surface area contributed by atoms with E-state index in [0.29, 0.717) is 0 Å². The predicted molar refractivity (Wildman–Crippen MR) is 84.0 cm³/mol. The van der Waals surface area contributed by atoms with Crippen molar-refractivity contribution >= 4 is 23.4 Å². The number of anilines is 1. The molecule has 1 heterocycles. The minimum absolute atomic E-state index is 0.00935. The highest BCUT2D eigenvalue weighted by Gasteiger charge is 2.14. The number of rotatable bonds is 5. The fourth-order valence-corrected chi connectivity index (χ4v) is 2.53. The number of thioether (sulfide) groups is 1. The fraction of sp³-hybridized carbons (Fsp3) is 0.250. The summed E-state index contributed by atoms with van der Waals surface area (Å²) in [5.74, 6) is -0.00935. The van der Waals surface area contributed by atoms with Crippen molar-refractivity contribution in [3.63, 3.8) is 0 Å². The van der Waals surface area contributed by atoms with Crippen molar-refractivity contribution in [3.05, 3.63) is 54.2 Å². The van der Waals surface area contributed by atoms with Crippen molar-refractivity contribution in [3.8, 4) is 0 Å². The van der Waals surface area contributed by atoms with Crippen LogP contribution < -0.4 is 5.32 Å². The third-order valence-electron chi connectivity index (χ3n) is 2.93. The Bertz CT molecular complexity index is 554. The first-order valence-corrected chi connectivity index (χ1v) is 7.54. The average Bonchev–Trinajstić information content (AvgIpc) is 2.49. The Labute approximate surface area is 123 Å². The van der Waals surface area contributed by atoms with Crippen LogP contribution in [0.2, 0.25) is 0 Å². The van der Waals surface area contributed by atoms with Gasteiger partial charge < -0.3 is 5.32 Å². The number of nitrogens with one attached hydrogen (secondary N) is 1. The molecule has 0 bridgehead atoms. The summed E-state index contributed by atoms with van der Waals surface area (Å²) in [5.41, 5.74) is 2.10. The van der Waals surface area contributed by atoms with E-state index in [4.69, 9.17) is 0 Å². The molecular weight excluding hydrogens is 268 g/mol. The monoisotopic (exact) mass is 286 g/mol. The van der Waals surface area contributed by atoms with E-state index in [0.717, 1.165) is 17.1 Å². The minimum atomic E-state index is -0.184. The molecular formula is C16H18N2OS. The summed E-state index contributed by atoms with van der Waals surface area (Å²) in [4.78, 5) is 16.3. The van der Waals surface area contributed by atoms with Crippen molar-refractivity contribution in [1.82, 2.24) is 4.98 Å². The molecule has 1 unspecified atom stereocenters. The normalized spacial score (nSPS) is 11.9. The smallest absolute Gasteiger partial charge is 0.237 e. The number of carbonyl (C=O) groups is 1. The molecule has 104 valence electrons. The van der Waals surface area contributed by atoms with Gasteiger partial charge in [0.2, 0.25) is 5.91 Å². The van der Waals surface area contributed by atoms with Crippen LogP contribution in [0.3, 0.4) is 0 Å². The van der Waals surface area contributed by atoms with E-state index in [-0.39, 0.29) is 11.2 Å². The Kier molecular flexibility index (Phi) is 5.18. The summed E-state index contributed by atoms with van der Waals surface area (Å²) >= 11 is 1.46. The second-order valence-corrected chi connectivity index (χ2v) is 5.83. The van der Waals surface area contributed by atoms with Gasteiger partial charge in [-0.05, 0) is 43.2 Å². The maximum absolute atomic E-state index is 12.1. The third kappa shape index (κ3) is 4.10. The summed E-state index contributed by atoms with van der Waals surface area (Å²) in [6.07, 6.45) is 2.73. The Morgan fingerprint density at radius 3 is 2.60 bits per heavy atom. The van der Waals surface area contributed by atoms with E-state index in [1.807, 2.05) is 49.4 Å². The zero-order valence-corrected chi connectivity index (χ0v) is 12.5. The van der Waals surface area contributed by atoms with Gasteiger partial charge in [0.1, 0.15) is 0 Å². The molecule has 3 nitrogen and oxygen atoms in total. The second-order valence-electron chi connectivity index (χ2n) is 4.47. The van der Waals surface area contributed by atoms with Gasteiger partial charge in [-0.2, -0.15) is 0 Å². The molecule has 1 atom stereocenters. The SMILES string of the molecule is CCc1ccc(NC(=O)C(C)Sc2ccccn2)cc1. The van der Waals surface area contributed by atoms with Crippen LogP contribution in [-0.4, -0.2) is 16.1 Å². The van der Waals surface area contributed by atoms with Crippen molar-refractivity contribution in [1.29, 1.82) is 0 Å². The van der Waals surface area contributed by atoms with Crippen LogP contribution in [-0.2, 0) is 11.2 Å². The molecule has 0 aliphatic heterocycles. The Morgan fingerprint density at radius 2 is 2.00 bits per heavy atom. The quantitative estimate of drug-likeness (QED) is 0.851. The number of benzene rings is 1. The van der Waals surface area contributed by atoms with Gasteiger partial charge in [-0.3, -0.25) is 4.79 Å². The molecule has 1 aromatic heterocycles. The van der Waals surface area contributed by atoms with Crippen molar-refractivity contribution in [2.24, 2.45) is 0 Å². The molecule has 20 heavy (non-hydrogen) atoms. The summed E-state index contributed by atoms with van der Waals surface area (Å²) in [6, 6.07) is 13.6. The molecule has 0 aliphatic rings. The molecule has 0 fully saturated rings. The molecule has 1 amide bonds. The summed E-state index contributed by atoms with van der Waals surface area (Å²) in [5, 5.41) is 3.60. The Morgan fingerprint density at radius 1 is 1.25 bits per heavy atom. The lowest BCUT2D eigenvalue weighted by molar-refractivity contribution is -0.115. The number of hydrogen-bond acceptors (Lipinski definition) is 3. The number of carbonyl (C=O) groups excluding carboxylic acids is 1. The minimum Gasteiger partial charge on any atom is -0.325 e. The summed E-state index contributed by atoms with van der Waals surface area (Å²) in [6.45, 7) is 3.99. The van der Waals surface area contributed by atoms with E-state index < -0.39 is 0 Å². The van der Waals surface area contributed by atoms with Gasteiger partial charge in [0.25, 0.3) is 0 Å². The highest BCUT2D eigenvalue weighted by Crippen LogP contribution is 2.21. The van der Waals surface area contributed by atoms with Gasteiger partial charge in [0, 0.05) is 11.9 Å².